The van der Waals surface area contributed by atoms with Crippen molar-refractivity contribution in [1.29, 1.82) is 0 Å². The summed E-state index contributed by atoms with van der Waals surface area (Å²) >= 11 is 1.98. The van der Waals surface area contributed by atoms with Gasteiger partial charge >= 0.3 is 0 Å². The minimum atomic E-state index is -0.484. The Hall–Kier alpha value is -4.77. The van der Waals surface area contributed by atoms with Crippen molar-refractivity contribution in [3.8, 4) is 5.69 Å². The van der Waals surface area contributed by atoms with E-state index in [1.165, 1.54) is 70.1 Å². The molecule has 1 N–H and O–H groups in total. The van der Waals surface area contributed by atoms with Crippen LogP contribution in [0, 0.1) is 29.1 Å². The molecule has 3 heterocycles. The van der Waals surface area contributed by atoms with Crippen LogP contribution in [0.2, 0.25) is 0 Å². The zero-order chi connectivity index (χ0) is 38.3. The summed E-state index contributed by atoms with van der Waals surface area (Å²) in [5.74, 6) is 1.60. The number of fused-ring (bicyclic) bond motifs is 6. The van der Waals surface area contributed by atoms with E-state index in [1.54, 1.807) is 5.57 Å². The Kier molecular flexibility index (Phi) is 8.54. The molecule has 0 spiro atoms. The van der Waals surface area contributed by atoms with E-state index in [0.29, 0.717) is 17.8 Å². The normalized spacial score (nSPS) is 29.8. The molecular formula is C52H53N3S. The molecule has 56 heavy (non-hydrogen) atoms. The molecule has 282 valence electrons. The smallest absolute Gasteiger partial charge is 0.117 e. The summed E-state index contributed by atoms with van der Waals surface area (Å²) in [6.07, 6.45) is 25.3. The van der Waals surface area contributed by atoms with E-state index in [1.807, 2.05) is 11.3 Å². The van der Waals surface area contributed by atoms with Crippen LogP contribution in [0.5, 0.6) is 0 Å². The minimum Gasteiger partial charge on any atom is -0.313 e. The molecule has 0 radical (unpaired) electrons. The van der Waals surface area contributed by atoms with Gasteiger partial charge in [-0.25, -0.2) is 0 Å². The first-order chi connectivity index (χ1) is 27.1. The highest BCUT2D eigenvalue weighted by molar-refractivity contribution is 7.17. The Morgan fingerprint density at radius 3 is 2.50 bits per heavy atom. The molecule has 0 bridgehead atoms. The summed E-state index contributed by atoms with van der Waals surface area (Å²) in [5.41, 5.74) is 11.6. The topological polar surface area (TPSA) is 29.3 Å². The number of para-hydroxylation sites is 1. The first kappa shape index (κ1) is 35.6. The molecule has 3 nitrogen and oxygen atoms in total. The number of rotatable bonds is 5. The summed E-state index contributed by atoms with van der Waals surface area (Å²) in [6.45, 7) is 14.3. The van der Waals surface area contributed by atoms with E-state index in [9.17, 15) is 0 Å². The molecule has 7 atom stereocenters. The highest BCUT2D eigenvalue weighted by Crippen LogP contribution is 2.47. The molecule has 4 heteroatoms. The van der Waals surface area contributed by atoms with Gasteiger partial charge in [-0.1, -0.05) is 132 Å². The second-order valence-electron chi connectivity index (χ2n) is 17.7. The van der Waals surface area contributed by atoms with E-state index in [-0.39, 0.29) is 17.4 Å². The van der Waals surface area contributed by atoms with Crippen molar-refractivity contribution in [2.45, 2.75) is 78.9 Å². The zero-order valence-electron chi connectivity index (χ0n) is 33.6. The lowest BCUT2D eigenvalue weighted by atomic mass is 9.70. The minimum absolute atomic E-state index is 0.0923. The van der Waals surface area contributed by atoms with Gasteiger partial charge in [0, 0.05) is 54.6 Å². The predicted octanol–water partition coefficient (Wildman–Crippen LogP) is 11.6. The van der Waals surface area contributed by atoms with Crippen LogP contribution in [-0.2, 0) is 6.42 Å². The molecule has 0 amide bonds. The van der Waals surface area contributed by atoms with Gasteiger partial charge in [-0.05, 0) is 114 Å². The molecule has 4 aliphatic carbocycles. The standard InChI is InChI=1S/C52H53N3S/c1-32-16-14-17-36(28-32)48-35(4)49(54-52(6,53-48)51(5)26-12-7-13-27-51)37-18-15-19-38(30-37)55-44-22-10-8-20-39(44)43-31-42(34(3)29-45(43)55)47-33(2)24-25-41-40-21-9-11-23-46(40)56-50(41)47/h7-15,17-23,25-26,28,30-35,49,54H,16,24,27,29H2,1-6H3/t32?,33?,34?,35-,49?,51?,52?/m0/s1. The summed E-state index contributed by atoms with van der Waals surface area (Å²) in [6, 6.07) is 27.6. The number of hydrogen-bond donors (Lipinski definition) is 1. The Balaban J connectivity index is 1.11. The lowest BCUT2D eigenvalue weighted by Gasteiger charge is -2.50. The third-order valence-electron chi connectivity index (χ3n) is 13.8. The molecule has 5 aromatic rings. The van der Waals surface area contributed by atoms with Crippen LogP contribution in [0.4, 0.5) is 0 Å². The third kappa shape index (κ3) is 5.58. The lowest BCUT2D eigenvalue weighted by Crippen LogP contribution is -2.59. The molecule has 10 rings (SSSR count). The fourth-order valence-electron chi connectivity index (χ4n) is 10.4. The Morgan fingerprint density at radius 1 is 0.857 bits per heavy atom. The monoisotopic (exact) mass is 751 g/mol. The second kappa shape index (κ2) is 13.4. The van der Waals surface area contributed by atoms with Gasteiger partial charge in [0.2, 0.25) is 0 Å². The fourth-order valence-corrected chi connectivity index (χ4v) is 11.8. The van der Waals surface area contributed by atoms with Crippen molar-refractivity contribution < 1.29 is 0 Å². The molecule has 1 aliphatic heterocycles. The highest BCUT2D eigenvalue weighted by Gasteiger charge is 2.48. The summed E-state index contributed by atoms with van der Waals surface area (Å²) in [7, 11) is 0. The molecule has 6 unspecified atom stereocenters. The molecule has 0 fully saturated rings. The average Bonchev–Trinajstić information content (AvgIpc) is 3.74. The molecule has 0 saturated carbocycles. The number of hydrogen-bond acceptors (Lipinski definition) is 3. The molecule has 0 saturated heterocycles. The largest absolute Gasteiger partial charge is 0.313 e. The molecule has 3 aromatic carbocycles. The van der Waals surface area contributed by atoms with Crippen LogP contribution >= 0.6 is 11.3 Å². The van der Waals surface area contributed by atoms with Crippen molar-refractivity contribution in [3.05, 3.63) is 153 Å². The van der Waals surface area contributed by atoms with Gasteiger partial charge in [0.1, 0.15) is 5.66 Å². The van der Waals surface area contributed by atoms with Gasteiger partial charge in [0.25, 0.3) is 0 Å². The van der Waals surface area contributed by atoms with E-state index < -0.39 is 5.66 Å². The SMILES string of the molecule is CC1C=C(C2=NC(C)(C3(C)C=CC=CC3)NC(c3cccc(-n4c5c(c6ccccc64)C=C(C4=c6sc7ccccc7c6=CCC4C)C(C)C5)c3)[C@H]2C)C=CC1. The van der Waals surface area contributed by atoms with E-state index in [0.717, 1.165) is 25.7 Å². The van der Waals surface area contributed by atoms with Crippen molar-refractivity contribution in [2.24, 2.45) is 34.1 Å². The molecule has 2 aromatic heterocycles. The molecule has 5 aliphatic rings. The highest BCUT2D eigenvalue weighted by atomic mass is 32.1. The van der Waals surface area contributed by atoms with Crippen LogP contribution in [0.25, 0.3) is 44.4 Å². The Morgan fingerprint density at radius 2 is 1.68 bits per heavy atom. The maximum atomic E-state index is 5.67. The van der Waals surface area contributed by atoms with Crippen LogP contribution in [0.15, 0.2) is 131 Å². The predicted molar refractivity (Wildman–Crippen MR) is 240 cm³/mol. The van der Waals surface area contributed by atoms with Gasteiger partial charge in [-0.3, -0.25) is 10.3 Å². The van der Waals surface area contributed by atoms with Crippen molar-refractivity contribution in [2.75, 3.05) is 0 Å². The summed E-state index contributed by atoms with van der Waals surface area (Å²) in [4.78, 5) is 5.67. The van der Waals surface area contributed by atoms with Crippen LogP contribution < -0.4 is 15.1 Å². The number of aliphatic imine (C=N–C) groups is 1. The first-order valence-electron chi connectivity index (χ1n) is 20.9. The number of nitrogens with zero attached hydrogens (tertiary/aromatic N) is 2. The average molecular weight is 752 g/mol. The maximum Gasteiger partial charge on any atom is 0.117 e. The van der Waals surface area contributed by atoms with Gasteiger partial charge in [-0.2, -0.15) is 0 Å². The Labute approximate surface area is 336 Å². The number of allylic oxidation sites excluding steroid dienone is 8. The summed E-state index contributed by atoms with van der Waals surface area (Å²) in [5, 5.41) is 8.37. The van der Waals surface area contributed by atoms with Crippen molar-refractivity contribution in [1.82, 2.24) is 9.88 Å². The number of nitrogens with one attached hydrogen (secondary N) is 1. The maximum absolute atomic E-state index is 5.67. The van der Waals surface area contributed by atoms with Gasteiger partial charge in [0.05, 0.1) is 5.52 Å². The van der Waals surface area contributed by atoms with E-state index >= 15 is 0 Å². The van der Waals surface area contributed by atoms with Crippen LogP contribution in [0.3, 0.4) is 0 Å². The summed E-state index contributed by atoms with van der Waals surface area (Å²) < 4.78 is 5.45. The number of aromatic nitrogens is 1. The van der Waals surface area contributed by atoms with Gasteiger partial charge < -0.3 is 4.57 Å². The Bertz CT molecular complexity index is 2740. The van der Waals surface area contributed by atoms with E-state index in [2.05, 4.69) is 179 Å². The van der Waals surface area contributed by atoms with Crippen molar-refractivity contribution in [3.63, 3.8) is 0 Å². The third-order valence-corrected chi connectivity index (χ3v) is 15.1. The lowest BCUT2D eigenvalue weighted by molar-refractivity contribution is 0.138. The number of thiophene rings is 1. The van der Waals surface area contributed by atoms with E-state index in [4.69, 9.17) is 4.99 Å². The quantitative estimate of drug-likeness (QED) is 0.190. The number of benzene rings is 3. The van der Waals surface area contributed by atoms with Crippen LogP contribution in [-0.4, -0.2) is 15.9 Å². The van der Waals surface area contributed by atoms with Crippen LogP contribution in [0.1, 0.15) is 83.7 Å². The van der Waals surface area contributed by atoms with Gasteiger partial charge in [0.15, 0.2) is 0 Å². The van der Waals surface area contributed by atoms with Gasteiger partial charge in [-0.15, -0.1) is 11.3 Å². The fraction of sp³-hybridized carbons (Fsp3) is 0.327. The second-order valence-corrected chi connectivity index (χ2v) is 18.8. The van der Waals surface area contributed by atoms with Crippen molar-refractivity contribution >= 4 is 55.8 Å². The molecular weight excluding hydrogens is 699 g/mol. The first-order valence-corrected chi connectivity index (χ1v) is 21.7. The zero-order valence-corrected chi connectivity index (χ0v) is 34.5.